The van der Waals surface area contributed by atoms with Crippen molar-refractivity contribution in [2.75, 3.05) is 18.8 Å². The molecule has 4 rings (SSSR count). The van der Waals surface area contributed by atoms with Crippen molar-refractivity contribution in [2.24, 2.45) is 0 Å². The maximum absolute atomic E-state index is 12.8. The van der Waals surface area contributed by atoms with Crippen molar-refractivity contribution in [3.63, 3.8) is 0 Å². The zero-order valence-corrected chi connectivity index (χ0v) is 15.7. The number of thiophene rings is 1. The highest BCUT2D eigenvalue weighted by Gasteiger charge is 2.33. The summed E-state index contributed by atoms with van der Waals surface area (Å²) in [6.07, 6.45) is 2.10. The number of imidazole rings is 1. The van der Waals surface area contributed by atoms with Crippen LogP contribution >= 0.6 is 11.3 Å². The SMILES string of the molecule is O=C(Cn1cnc2ccccc21)N1CCC(c2cccs2)S(=O)(=O)CC1. The Labute approximate surface area is 156 Å². The van der Waals surface area contributed by atoms with Gasteiger partial charge in [0.1, 0.15) is 6.54 Å². The van der Waals surface area contributed by atoms with Crippen LogP contribution in [0.25, 0.3) is 11.0 Å². The Hall–Kier alpha value is -2.19. The van der Waals surface area contributed by atoms with Gasteiger partial charge in [0.05, 0.1) is 28.4 Å². The van der Waals surface area contributed by atoms with Gasteiger partial charge in [-0.1, -0.05) is 18.2 Å². The number of hydrogen-bond donors (Lipinski definition) is 0. The van der Waals surface area contributed by atoms with E-state index in [9.17, 15) is 13.2 Å². The van der Waals surface area contributed by atoms with Gasteiger partial charge in [-0.3, -0.25) is 4.79 Å². The van der Waals surface area contributed by atoms with E-state index in [4.69, 9.17) is 0 Å². The summed E-state index contributed by atoms with van der Waals surface area (Å²) in [7, 11) is -3.25. The standard InChI is InChI=1S/C18H19N3O3S2/c22-18(12-21-13-19-14-4-1-2-5-15(14)21)20-8-7-17(16-6-3-10-25-16)26(23,24)11-9-20/h1-6,10,13,17H,7-9,11-12H2. The molecule has 6 nitrogen and oxygen atoms in total. The van der Waals surface area contributed by atoms with E-state index < -0.39 is 15.1 Å². The van der Waals surface area contributed by atoms with Gasteiger partial charge >= 0.3 is 0 Å². The highest BCUT2D eigenvalue weighted by atomic mass is 32.2. The summed E-state index contributed by atoms with van der Waals surface area (Å²) in [5, 5.41) is 1.39. The third-order valence-electron chi connectivity index (χ3n) is 4.79. The molecule has 1 fully saturated rings. The van der Waals surface area contributed by atoms with Crippen molar-refractivity contribution in [1.29, 1.82) is 0 Å². The Morgan fingerprint density at radius 3 is 2.85 bits per heavy atom. The molecule has 1 unspecified atom stereocenters. The fraction of sp³-hybridized carbons (Fsp3) is 0.333. The molecule has 26 heavy (non-hydrogen) atoms. The Bertz CT molecular complexity index is 1030. The second-order valence-corrected chi connectivity index (χ2v) is 9.68. The number of benzene rings is 1. The molecule has 3 aromatic rings. The van der Waals surface area contributed by atoms with Gasteiger partial charge in [-0.2, -0.15) is 0 Å². The summed E-state index contributed by atoms with van der Waals surface area (Å²) < 4.78 is 27.0. The molecular weight excluding hydrogens is 370 g/mol. The Morgan fingerprint density at radius 1 is 1.19 bits per heavy atom. The monoisotopic (exact) mass is 389 g/mol. The summed E-state index contributed by atoms with van der Waals surface area (Å²) in [6, 6.07) is 11.4. The van der Waals surface area contributed by atoms with E-state index >= 15 is 0 Å². The number of nitrogens with zero attached hydrogens (tertiary/aromatic N) is 3. The number of carbonyl (C=O) groups excluding carboxylic acids is 1. The topological polar surface area (TPSA) is 72.3 Å². The van der Waals surface area contributed by atoms with Gasteiger partial charge in [-0.25, -0.2) is 13.4 Å². The van der Waals surface area contributed by atoms with Crippen molar-refractivity contribution >= 4 is 38.1 Å². The van der Waals surface area contributed by atoms with Gasteiger partial charge in [0.2, 0.25) is 5.91 Å². The van der Waals surface area contributed by atoms with Crippen LogP contribution in [-0.2, 0) is 21.2 Å². The fourth-order valence-electron chi connectivity index (χ4n) is 3.37. The molecule has 0 spiro atoms. The summed E-state index contributed by atoms with van der Waals surface area (Å²) in [6.45, 7) is 0.868. The number of hydrogen-bond acceptors (Lipinski definition) is 5. The lowest BCUT2D eigenvalue weighted by Gasteiger charge is -2.20. The molecule has 0 saturated carbocycles. The smallest absolute Gasteiger partial charge is 0.242 e. The molecule has 1 aliphatic heterocycles. The van der Waals surface area contributed by atoms with Crippen LogP contribution in [0.5, 0.6) is 0 Å². The molecule has 2 aromatic heterocycles. The number of rotatable bonds is 3. The largest absolute Gasteiger partial charge is 0.340 e. The normalized spacial score (nSPS) is 20.2. The van der Waals surface area contributed by atoms with Crippen molar-refractivity contribution in [2.45, 2.75) is 18.2 Å². The lowest BCUT2D eigenvalue weighted by atomic mass is 10.2. The number of amides is 1. The molecule has 136 valence electrons. The van der Waals surface area contributed by atoms with Crippen molar-refractivity contribution in [1.82, 2.24) is 14.5 Å². The second kappa shape index (κ2) is 6.85. The fourth-order valence-corrected chi connectivity index (χ4v) is 6.37. The summed E-state index contributed by atoms with van der Waals surface area (Å²) >= 11 is 1.46. The molecule has 1 amide bonds. The highest BCUT2D eigenvalue weighted by molar-refractivity contribution is 7.91. The molecule has 0 N–H and O–H groups in total. The average Bonchev–Trinajstić information content (AvgIpc) is 3.25. The van der Waals surface area contributed by atoms with Gasteiger partial charge in [0.15, 0.2) is 9.84 Å². The van der Waals surface area contributed by atoms with E-state index in [2.05, 4.69) is 4.98 Å². The van der Waals surface area contributed by atoms with Gasteiger partial charge in [0.25, 0.3) is 0 Å². The molecule has 0 radical (unpaired) electrons. The van der Waals surface area contributed by atoms with Crippen LogP contribution in [0.3, 0.4) is 0 Å². The van der Waals surface area contributed by atoms with Crippen LogP contribution < -0.4 is 0 Å². The quantitative estimate of drug-likeness (QED) is 0.690. The highest BCUT2D eigenvalue weighted by Crippen LogP contribution is 2.32. The van der Waals surface area contributed by atoms with E-state index in [1.807, 2.05) is 46.3 Å². The van der Waals surface area contributed by atoms with Crippen LogP contribution in [0.2, 0.25) is 0 Å². The van der Waals surface area contributed by atoms with Crippen molar-refractivity contribution < 1.29 is 13.2 Å². The van der Waals surface area contributed by atoms with E-state index in [0.717, 1.165) is 15.9 Å². The number of sulfone groups is 1. The van der Waals surface area contributed by atoms with Crippen LogP contribution in [0.1, 0.15) is 16.5 Å². The molecule has 0 bridgehead atoms. The maximum Gasteiger partial charge on any atom is 0.242 e. The molecule has 0 aliphatic carbocycles. The van der Waals surface area contributed by atoms with Crippen LogP contribution in [-0.4, -0.2) is 47.6 Å². The molecule has 1 atom stereocenters. The number of fused-ring (bicyclic) bond motifs is 1. The minimum Gasteiger partial charge on any atom is -0.340 e. The third kappa shape index (κ3) is 3.26. The van der Waals surface area contributed by atoms with E-state index in [-0.39, 0.29) is 24.7 Å². The molecule has 3 heterocycles. The van der Waals surface area contributed by atoms with Crippen LogP contribution in [0.4, 0.5) is 0 Å². The molecule has 8 heteroatoms. The molecule has 1 aromatic carbocycles. The first-order valence-electron chi connectivity index (χ1n) is 8.47. The third-order valence-corrected chi connectivity index (χ3v) is 8.03. The zero-order valence-electron chi connectivity index (χ0n) is 14.1. The number of para-hydroxylation sites is 2. The van der Waals surface area contributed by atoms with Gasteiger partial charge < -0.3 is 9.47 Å². The first-order valence-corrected chi connectivity index (χ1v) is 11.1. The summed E-state index contributed by atoms with van der Waals surface area (Å²) in [5.41, 5.74) is 1.75. The molecule has 1 saturated heterocycles. The Balaban J connectivity index is 1.51. The summed E-state index contributed by atoms with van der Waals surface area (Å²) in [5.74, 6) is -0.0680. The van der Waals surface area contributed by atoms with Crippen LogP contribution in [0.15, 0.2) is 48.1 Å². The second-order valence-electron chi connectivity index (χ2n) is 6.40. The molecular formula is C18H19N3O3S2. The first-order chi connectivity index (χ1) is 12.5. The Kier molecular flexibility index (Phi) is 4.54. The average molecular weight is 390 g/mol. The predicted molar refractivity (Wildman–Crippen MR) is 102 cm³/mol. The minimum atomic E-state index is -3.25. The van der Waals surface area contributed by atoms with E-state index in [1.54, 1.807) is 11.2 Å². The van der Waals surface area contributed by atoms with E-state index in [1.165, 1.54) is 11.3 Å². The van der Waals surface area contributed by atoms with Crippen molar-refractivity contribution in [3.05, 3.63) is 53.0 Å². The predicted octanol–water partition coefficient (Wildman–Crippen LogP) is 2.49. The lowest BCUT2D eigenvalue weighted by Crippen LogP contribution is -2.36. The van der Waals surface area contributed by atoms with E-state index in [0.29, 0.717) is 13.0 Å². The first kappa shape index (κ1) is 17.2. The van der Waals surface area contributed by atoms with Gasteiger partial charge in [-0.15, -0.1) is 11.3 Å². The van der Waals surface area contributed by atoms with Gasteiger partial charge in [-0.05, 0) is 30.0 Å². The lowest BCUT2D eigenvalue weighted by molar-refractivity contribution is -0.131. The zero-order chi connectivity index (χ0) is 18.1. The van der Waals surface area contributed by atoms with Gasteiger partial charge in [0, 0.05) is 18.0 Å². The number of carbonyl (C=O) groups is 1. The van der Waals surface area contributed by atoms with Crippen molar-refractivity contribution in [3.8, 4) is 0 Å². The number of aromatic nitrogens is 2. The minimum absolute atomic E-state index is 0.00594. The van der Waals surface area contributed by atoms with Crippen LogP contribution in [0, 0.1) is 0 Å². The maximum atomic E-state index is 12.8. The summed E-state index contributed by atoms with van der Waals surface area (Å²) in [4.78, 5) is 19.6. The Morgan fingerprint density at radius 2 is 2.04 bits per heavy atom. The molecule has 1 aliphatic rings.